The van der Waals surface area contributed by atoms with Gasteiger partial charge in [0.25, 0.3) is 0 Å². The standard InChI is InChI=1S/C22H31N5O4/c1-15(10-24-16(2)28)31-21(30)26-7-4-22(5-8-26)9-19(22)12-25-20(29)27-13-17-3-6-23-11-18(17)14-27/h3,6,11,15,19H,4-5,7-10,12-14H2,1-2H3,(H,24,28)(H,25,29). The summed E-state index contributed by atoms with van der Waals surface area (Å²) in [6, 6.07) is 1.95. The fraction of sp³-hybridized carbons (Fsp3) is 0.636. The number of piperidine rings is 1. The molecule has 1 aliphatic carbocycles. The molecular formula is C22H31N5O4. The van der Waals surface area contributed by atoms with Crippen molar-refractivity contribution in [1.29, 1.82) is 0 Å². The second kappa shape index (κ2) is 8.72. The van der Waals surface area contributed by atoms with E-state index in [0.717, 1.165) is 24.8 Å². The maximum absolute atomic E-state index is 12.6. The molecule has 3 heterocycles. The number of amides is 4. The van der Waals surface area contributed by atoms with Gasteiger partial charge in [0, 0.05) is 52.0 Å². The molecule has 1 saturated carbocycles. The van der Waals surface area contributed by atoms with Gasteiger partial charge in [0.05, 0.1) is 6.54 Å². The van der Waals surface area contributed by atoms with Crippen LogP contribution < -0.4 is 10.6 Å². The SMILES string of the molecule is CC(=O)NCC(C)OC(=O)N1CCC2(CC1)CC2CNC(=O)N1Cc2ccncc2C1. The highest BCUT2D eigenvalue weighted by atomic mass is 16.6. The van der Waals surface area contributed by atoms with Crippen LogP contribution in [-0.4, -0.2) is 65.1 Å². The fourth-order valence-electron chi connectivity index (χ4n) is 4.73. The van der Waals surface area contributed by atoms with Crippen LogP contribution in [0.4, 0.5) is 9.59 Å². The zero-order valence-electron chi connectivity index (χ0n) is 18.2. The van der Waals surface area contributed by atoms with Crippen molar-refractivity contribution in [2.24, 2.45) is 11.3 Å². The van der Waals surface area contributed by atoms with Crippen LogP contribution in [0.3, 0.4) is 0 Å². The number of nitrogens with one attached hydrogen (secondary N) is 2. The van der Waals surface area contributed by atoms with E-state index in [1.165, 1.54) is 12.5 Å². The molecule has 2 N–H and O–H groups in total. The molecule has 31 heavy (non-hydrogen) atoms. The Kier molecular flexibility index (Phi) is 6.02. The zero-order chi connectivity index (χ0) is 22.0. The third-order valence-electron chi connectivity index (χ3n) is 6.83. The quantitative estimate of drug-likeness (QED) is 0.744. The molecule has 0 aromatic carbocycles. The number of urea groups is 1. The van der Waals surface area contributed by atoms with E-state index in [1.807, 2.05) is 17.2 Å². The molecule has 0 radical (unpaired) electrons. The highest BCUT2D eigenvalue weighted by Gasteiger charge is 2.55. The summed E-state index contributed by atoms with van der Waals surface area (Å²) < 4.78 is 5.42. The predicted molar refractivity (Wildman–Crippen MR) is 113 cm³/mol. The Labute approximate surface area is 182 Å². The van der Waals surface area contributed by atoms with E-state index in [0.29, 0.717) is 45.2 Å². The van der Waals surface area contributed by atoms with Crippen LogP contribution in [0.2, 0.25) is 0 Å². The highest BCUT2D eigenvalue weighted by molar-refractivity contribution is 5.75. The highest BCUT2D eigenvalue weighted by Crippen LogP contribution is 2.59. The Morgan fingerprint density at radius 1 is 1.19 bits per heavy atom. The number of hydrogen-bond donors (Lipinski definition) is 2. The number of fused-ring (bicyclic) bond motifs is 1. The minimum Gasteiger partial charge on any atom is -0.445 e. The van der Waals surface area contributed by atoms with E-state index in [4.69, 9.17) is 4.74 Å². The van der Waals surface area contributed by atoms with E-state index in [1.54, 1.807) is 18.0 Å². The van der Waals surface area contributed by atoms with Gasteiger partial charge in [0.15, 0.2) is 0 Å². The summed E-state index contributed by atoms with van der Waals surface area (Å²) in [6.07, 6.45) is 5.88. The second-order valence-electron chi connectivity index (χ2n) is 9.07. The van der Waals surface area contributed by atoms with Crippen LogP contribution >= 0.6 is 0 Å². The molecule has 1 aromatic heterocycles. The molecule has 1 saturated heterocycles. The third kappa shape index (κ3) is 4.91. The van der Waals surface area contributed by atoms with Crippen molar-refractivity contribution in [3.63, 3.8) is 0 Å². The number of likely N-dealkylation sites (tertiary alicyclic amines) is 1. The lowest BCUT2D eigenvalue weighted by Crippen LogP contribution is -2.43. The molecule has 168 valence electrons. The number of pyridine rings is 1. The number of rotatable bonds is 5. The van der Waals surface area contributed by atoms with Crippen LogP contribution in [0, 0.1) is 11.3 Å². The molecular weight excluding hydrogens is 398 g/mol. The first-order valence-corrected chi connectivity index (χ1v) is 11.0. The first-order valence-electron chi connectivity index (χ1n) is 11.0. The van der Waals surface area contributed by atoms with E-state index in [2.05, 4.69) is 15.6 Å². The number of aromatic nitrogens is 1. The Bertz CT molecular complexity index is 827. The van der Waals surface area contributed by atoms with Gasteiger partial charge in [-0.15, -0.1) is 0 Å². The van der Waals surface area contributed by atoms with Crippen LogP contribution in [-0.2, 0) is 22.6 Å². The zero-order valence-corrected chi connectivity index (χ0v) is 18.2. The summed E-state index contributed by atoms with van der Waals surface area (Å²) in [5.74, 6) is 0.334. The van der Waals surface area contributed by atoms with E-state index >= 15 is 0 Å². The second-order valence-corrected chi connectivity index (χ2v) is 9.07. The smallest absolute Gasteiger partial charge is 0.410 e. The van der Waals surface area contributed by atoms with Crippen LogP contribution in [0.1, 0.15) is 44.2 Å². The molecule has 3 aliphatic rings. The summed E-state index contributed by atoms with van der Waals surface area (Å²) >= 11 is 0. The average Bonchev–Trinajstić information content (AvgIpc) is 3.22. The minimum absolute atomic E-state index is 0.0209. The minimum atomic E-state index is -0.358. The van der Waals surface area contributed by atoms with Crippen molar-refractivity contribution in [2.45, 2.75) is 52.3 Å². The van der Waals surface area contributed by atoms with Crippen molar-refractivity contribution in [2.75, 3.05) is 26.2 Å². The van der Waals surface area contributed by atoms with Gasteiger partial charge in [0.2, 0.25) is 5.91 Å². The summed E-state index contributed by atoms with van der Waals surface area (Å²) in [5.41, 5.74) is 2.52. The number of carbonyl (C=O) groups is 3. The molecule has 0 bridgehead atoms. The van der Waals surface area contributed by atoms with Crippen molar-refractivity contribution in [3.8, 4) is 0 Å². The lowest BCUT2D eigenvalue weighted by atomic mass is 9.91. The fourth-order valence-corrected chi connectivity index (χ4v) is 4.73. The number of carbonyl (C=O) groups excluding carboxylic acids is 3. The van der Waals surface area contributed by atoms with Gasteiger partial charge in [-0.2, -0.15) is 0 Å². The first kappa shape index (κ1) is 21.4. The maximum atomic E-state index is 12.6. The molecule has 4 amide bonds. The van der Waals surface area contributed by atoms with Crippen molar-refractivity contribution in [1.82, 2.24) is 25.4 Å². The van der Waals surface area contributed by atoms with Crippen molar-refractivity contribution < 1.29 is 19.1 Å². The lowest BCUT2D eigenvalue weighted by molar-refractivity contribution is -0.119. The largest absolute Gasteiger partial charge is 0.445 e. The Morgan fingerprint density at radius 3 is 2.65 bits per heavy atom. The van der Waals surface area contributed by atoms with Gasteiger partial charge < -0.3 is 25.2 Å². The summed E-state index contributed by atoms with van der Waals surface area (Å²) in [4.78, 5) is 43.6. The topological polar surface area (TPSA) is 104 Å². The van der Waals surface area contributed by atoms with E-state index in [9.17, 15) is 14.4 Å². The maximum Gasteiger partial charge on any atom is 0.410 e. The summed E-state index contributed by atoms with van der Waals surface area (Å²) in [6.45, 7) is 6.80. The van der Waals surface area contributed by atoms with Gasteiger partial charge in [-0.3, -0.25) is 9.78 Å². The number of ether oxygens (including phenoxy) is 1. The molecule has 9 nitrogen and oxygen atoms in total. The van der Waals surface area contributed by atoms with Gasteiger partial charge >= 0.3 is 12.1 Å². The van der Waals surface area contributed by atoms with Gasteiger partial charge in [-0.25, -0.2) is 9.59 Å². The van der Waals surface area contributed by atoms with Gasteiger partial charge in [-0.1, -0.05) is 0 Å². The Hall–Kier alpha value is -2.84. The summed E-state index contributed by atoms with van der Waals surface area (Å²) in [5, 5.41) is 5.76. The van der Waals surface area contributed by atoms with Crippen LogP contribution in [0.5, 0.6) is 0 Å². The Balaban J connectivity index is 1.16. The van der Waals surface area contributed by atoms with Gasteiger partial charge in [0.1, 0.15) is 6.10 Å². The normalized spacial score (nSPS) is 21.9. The summed E-state index contributed by atoms with van der Waals surface area (Å²) in [7, 11) is 0. The molecule has 2 aliphatic heterocycles. The van der Waals surface area contributed by atoms with Crippen molar-refractivity contribution in [3.05, 3.63) is 29.6 Å². The van der Waals surface area contributed by atoms with Crippen LogP contribution in [0.25, 0.3) is 0 Å². The first-order chi connectivity index (χ1) is 14.9. The van der Waals surface area contributed by atoms with Gasteiger partial charge in [-0.05, 0) is 54.7 Å². The molecule has 1 aromatic rings. The monoisotopic (exact) mass is 429 g/mol. The Morgan fingerprint density at radius 2 is 1.94 bits per heavy atom. The average molecular weight is 430 g/mol. The number of hydrogen-bond acceptors (Lipinski definition) is 5. The van der Waals surface area contributed by atoms with E-state index < -0.39 is 0 Å². The predicted octanol–water partition coefficient (Wildman–Crippen LogP) is 1.87. The van der Waals surface area contributed by atoms with Crippen LogP contribution in [0.15, 0.2) is 18.5 Å². The molecule has 9 heteroatoms. The lowest BCUT2D eigenvalue weighted by Gasteiger charge is -2.33. The molecule has 1 spiro atoms. The number of nitrogens with zero attached hydrogens (tertiary/aromatic N) is 3. The van der Waals surface area contributed by atoms with Crippen molar-refractivity contribution >= 4 is 18.0 Å². The van der Waals surface area contributed by atoms with E-state index in [-0.39, 0.29) is 29.6 Å². The third-order valence-corrected chi connectivity index (χ3v) is 6.83. The molecule has 2 atom stereocenters. The molecule has 4 rings (SSSR count). The molecule has 2 unspecified atom stereocenters. The molecule has 2 fully saturated rings.